The van der Waals surface area contributed by atoms with Crippen LogP contribution in [0.25, 0.3) is 0 Å². The Morgan fingerprint density at radius 2 is 1.48 bits per heavy atom. The van der Waals surface area contributed by atoms with Crippen LogP contribution in [0.3, 0.4) is 0 Å². The quantitative estimate of drug-likeness (QED) is 0.244. The summed E-state index contributed by atoms with van der Waals surface area (Å²) in [6.07, 6.45) is 9.31. The highest BCUT2D eigenvalue weighted by Gasteiger charge is 2.51. The molecule has 1 aliphatic heterocycles. The van der Waals surface area contributed by atoms with Crippen LogP contribution in [0.15, 0.2) is 84.0 Å². The number of rotatable bonds is 7. The molecule has 1 heterocycles. The Hall–Kier alpha value is -3.44. The summed E-state index contributed by atoms with van der Waals surface area (Å²) in [7, 11) is 0. The lowest BCUT2D eigenvalue weighted by molar-refractivity contribution is -0.128. The van der Waals surface area contributed by atoms with Crippen molar-refractivity contribution in [2.75, 3.05) is 6.61 Å². The van der Waals surface area contributed by atoms with E-state index in [1.165, 1.54) is 49.7 Å². The van der Waals surface area contributed by atoms with Gasteiger partial charge in [-0.3, -0.25) is 10.1 Å². The highest BCUT2D eigenvalue weighted by molar-refractivity contribution is 6.02. The average molecular weight is 562 g/mol. The monoisotopic (exact) mass is 561 g/mol. The van der Waals surface area contributed by atoms with Gasteiger partial charge in [0.1, 0.15) is 23.6 Å². The first-order valence-corrected chi connectivity index (χ1v) is 15.7. The van der Waals surface area contributed by atoms with Crippen LogP contribution in [0.2, 0.25) is 0 Å². The van der Waals surface area contributed by atoms with E-state index in [4.69, 9.17) is 4.74 Å². The molecular formula is C37H43N3O2. The van der Waals surface area contributed by atoms with Gasteiger partial charge in [0.05, 0.1) is 0 Å². The molecule has 218 valence electrons. The van der Waals surface area contributed by atoms with Crippen LogP contribution in [-0.2, 0) is 22.2 Å². The van der Waals surface area contributed by atoms with E-state index in [1.807, 2.05) is 55.5 Å². The van der Waals surface area contributed by atoms with Crippen LogP contribution in [0, 0.1) is 17.8 Å². The SMILES string of the molecule is CC1(C)Cc2ccccc2[C@](C)(C(=O)N/N=C(/COc2ccc(C34CC5CC(CC(C5)C3)C4)cc2)c2ccccc2)N1. The fraction of sp³-hybridized carbons (Fsp3) is 0.459. The van der Waals surface area contributed by atoms with Crippen molar-refractivity contribution >= 4 is 11.6 Å². The number of carbonyl (C=O) groups is 1. The molecule has 2 N–H and O–H groups in total. The van der Waals surface area contributed by atoms with Crippen LogP contribution in [0.4, 0.5) is 0 Å². The Morgan fingerprint density at radius 3 is 2.14 bits per heavy atom. The van der Waals surface area contributed by atoms with E-state index in [9.17, 15) is 4.79 Å². The van der Waals surface area contributed by atoms with Crippen molar-refractivity contribution in [2.45, 2.75) is 82.2 Å². The average Bonchev–Trinajstić information content (AvgIpc) is 2.96. The number of nitrogens with one attached hydrogen (secondary N) is 2. The Labute approximate surface area is 250 Å². The number of carbonyl (C=O) groups excluding carboxylic acids is 1. The molecule has 0 spiro atoms. The largest absolute Gasteiger partial charge is 0.487 e. The summed E-state index contributed by atoms with van der Waals surface area (Å²) in [5, 5.41) is 8.23. The third-order valence-electron chi connectivity index (χ3n) is 10.5. The number of hydrogen-bond acceptors (Lipinski definition) is 4. The molecule has 0 unspecified atom stereocenters. The third kappa shape index (κ3) is 5.06. The first-order chi connectivity index (χ1) is 20.2. The van der Waals surface area contributed by atoms with Crippen molar-refractivity contribution < 1.29 is 9.53 Å². The van der Waals surface area contributed by atoms with Crippen molar-refractivity contribution in [3.63, 3.8) is 0 Å². The van der Waals surface area contributed by atoms with Gasteiger partial charge in [0, 0.05) is 11.1 Å². The Balaban J connectivity index is 1.08. The minimum atomic E-state index is -0.905. The smallest absolute Gasteiger partial charge is 0.264 e. The van der Waals surface area contributed by atoms with Gasteiger partial charge in [-0.05, 0) is 118 Å². The summed E-state index contributed by atoms with van der Waals surface area (Å²) in [4.78, 5) is 13.8. The molecule has 4 saturated carbocycles. The van der Waals surface area contributed by atoms with Crippen LogP contribution in [0.5, 0.6) is 5.75 Å². The summed E-state index contributed by atoms with van der Waals surface area (Å²) in [6, 6.07) is 27.0. The second-order valence-electron chi connectivity index (χ2n) is 14.3. The third-order valence-corrected chi connectivity index (χ3v) is 10.5. The van der Waals surface area contributed by atoms with E-state index in [0.29, 0.717) is 11.1 Å². The van der Waals surface area contributed by atoms with Gasteiger partial charge in [-0.1, -0.05) is 66.7 Å². The molecular weight excluding hydrogens is 518 g/mol. The molecule has 0 radical (unpaired) electrons. The lowest BCUT2D eigenvalue weighted by Crippen LogP contribution is -2.62. The fourth-order valence-corrected chi connectivity index (χ4v) is 9.17. The zero-order chi connectivity index (χ0) is 29.0. The second-order valence-corrected chi connectivity index (χ2v) is 14.3. The molecule has 5 heteroatoms. The molecule has 8 rings (SSSR count). The normalized spacial score (nSPS) is 30.9. The van der Waals surface area contributed by atoms with Gasteiger partial charge >= 0.3 is 0 Å². The molecule has 0 saturated heterocycles. The van der Waals surface area contributed by atoms with Crippen LogP contribution in [0.1, 0.15) is 81.5 Å². The molecule has 42 heavy (non-hydrogen) atoms. The Kier molecular flexibility index (Phi) is 6.77. The zero-order valence-corrected chi connectivity index (χ0v) is 25.2. The molecule has 4 fully saturated rings. The van der Waals surface area contributed by atoms with Crippen LogP contribution in [-0.4, -0.2) is 23.8 Å². The predicted octanol–water partition coefficient (Wildman–Crippen LogP) is 6.89. The maximum absolute atomic E-state index is 13.8. The molecule has 1 atom stereocenters. The Bertz CT molecular complexity index is 1460. The maximum Gasteiger partial charge on any atom is 0.264 e. The van der Waals surface area contributed by atoms with E-state index >= 15 is 0 Å². The number of ether oxygens (including phenoxy) is 1. The van der Waals surface area contributed by atoms with Crippen molar-refractivity contribution in [3.05, 3.63) is 101 Å². The van der Waals surface area contributed by atoms with Gasteiger partial charge in [0.2, 0.25) is 0 Å². The summed E-state index contributed by atoms with van der Waals surface area (Å²) < 4.78 is 6.29. The van der Waals surface area contributed by atoms with E-state index in [1.54, 1.807) is 0 Å². The highest BCUT2D eigenvalue weighted by Crippen LogP contribution is 2.60. The van der Waals surface area contributed by atoms with E-state index in [2.05, 4.69) is 60.0 Å². The highest BCUT2D eigenvalue weighted by atomic mass is 16.5. The summed E-state index contributed by atoms with van der Waals surface area (Å²) in [5.74, 6) is 3.43. The topological polar surface area (TPSA) is 62.7 Å². The molecule has 5 aliphatic rings. The van der Waals surface area contributed by atoms with Crippen molar-refractivity contribution in [2.24, 2.45) is 22.9 Å². The number of benzene rings is 3. The number of hydrogen-bond donors (Lipinski definition) is 2. The first-order valence-electron chi connectivity index (χ1n) is 15.7. The zero-order valence-electron chi connectivity index (χ0n) is 25.2. The van der Waals surface area contributed by atoms with Crippen LogP contribution < -0.4 is 15.5 Å². The molecule has 4 aliphatic carbocycles. The van der Waals surface area contributed by atoms with Gasteiger partial charge in [-0.15, -0.1) is 0 Å². The number of hydrazone groups is 1. The first kappa shape index (κ1) is 27.4. The minimum absolute atomic E-state index is 0.184. The molecule has 3 aromatic carbocycles. The molecule has 3 aromatic rings. The molecule has 4 bridgehead atoms. The summed E-state index contributed by atoms with van der Waals surface area (Å²) in [5.41, 5.74) is 7.43. The van der Waals surface area contributed by atoms with Crippen molar-refractivity contribution in [1.29, 1.82) is 0 Å². The lowest BCUT2D eigenvalue weighted by Gasteiger charge is -2.57. The molecule has 1 amide bonds. The van der Waals surface area contributed by atoms with Gasteiger partial charge in [0.15, 0.2) is 0 Å². The van der Waals surface area contributed by atoms with Gasteiger partial charge in [0.25, 0.3) is 5.91 Å². The fourth-order valence-electron chi connectivity index (χ4n) is 9.17. The molecule has 5 nitrogen and oxygen atoms in total. The van der Waals surface area contributed by atoms with Gasteiger partial charge < -0.3 is 4.74 Å². The predicted molar refractivity (Wildman–Crippen MR) is 168 cm³/mol. The van der Waals surface area contributed by atoms with Crippen LogP contribution >= 0.6 is 0 Å². The number of fused-ring (bicyclic) bond motifs is 1. The summed E-state index contributed by atoms with van der Waals surface area (Å²) >= 11 is 0. The summed E-state index contributed by atoms with van der Waals surface area (Å²) in [6.45, 7) is 6.47. The number of amides is 1. The maximum atomic E-state index is 13.8. The van der Waals surface area contributed by atoms with Crippen molar-refractivity contribution in [3.8, 4) is 5.75 Å². The van der Waals surface area contributed by atoms with Gasteiger partial charge in [-0.2, -0.15) is 5.10 Å². The lowest BCUT2D eigenvalue weighted by atomic mass is 9.48. The molecule has 0 aromatic heterocycles. The van der Waals surface area contributed by atoms with E-state index in [0.717, 1.165) is 41.1 Å². The second kappa shape index (κ2) is 10.4. The van der Waals surface area contributed by atoms with E-state index in [-0.39, 0.29) is 18.1 Å². The Morgan fingerprint density at radius 1 is 0.857 bits per heavy atom. The number of nitrogens with zero attached hydrogens (tertiary/aromatic N) is 1. The van der Waals surface area contributed by atoms with E-state index < -0.39 is 5.54 Å². The van der Waals surface area contributed by atoms with Crippen molar-refractivity contribution in [1.82, 2.24) is 10.7 Å². The minimum Gasteiger partial charge on any atom is -0.487 e. The van der Waals surface area contributed by atoms with Gasteiger partial charge in [-0.25, -0.2) is 5.43 Å². The standard InChI is InChI=1S/C37H43N3O2/c1-35(2)23-29-11-7-8-12-32(29)36(3,40-35)34(41)39-38-33(28-9-5-4-6-10-28)24-42-31-15-13-30(14-16-31)37-20-25-17-26(21-37)19-27(18-25)22-37/h4-16,25-27,40H,17-24H2,1-3H3,(H,39,41)/b38-33-/t25?,26?,27?,36-,37?/m1/s1.